The number of hydrogen-bond donors (Lipinski definition) is 1. The zero-order valence-electron chi connectivity index (χ0n) is 18.8. The Hall–Kier alpha value is -2.60. The highest BCUT2D eigenvalue weighted by Crippen LogP contribution is 2.29. The Labute approximate surface area is 183 Å². The van der Waals surface area contributed by atoms with Crippen LogP contribution < -0.4 is 5.32 Å². The van der Waals surface area contributed by atoms with Crippen LogP contribution in [0.4, 0.5) is 5.69 Å². The van der Waals surface area contributed by atoms with Crippen LogP contribution in [0.2, 0.25) is 0 Å². The minimum atomic E-state index is -0.301. The number of nitrogens with zero attached hydrogens (tertiary/aromatic N) is 3. The van der Waals surface area contributed by atoms with E-state index in [-0.39, 0.29) is 16.6 Å². The zero-order valence-corrected chi connectivity index (χ0v) is 19.6. The van der Waals surface area contributed by atoms with E-state index >= 15 is 0 Å². The Morgan fingerprint density at radius 1 is 1.07 bits per heavy atom. The third-order valence-corrected chi connectivity index (χ3v) is 6.27. The van der Waals surface area contributed by atoms with Crippen molar-refractivity contribution < 1.29 is 4.79 Å². The largest absolute Gasteiger partial charge is 0.325 e. The molecule has 0 aliphatic rings. The monoisotopic (exact) mass is 422 g/mol. The van der Waals surface area contributed by atoms with Gasteiger partial charge >= 0.3 is 0 Å². The highest BCUT2D eigenvalue weighted by molar-refractivity contribution is 8.00. The van der Waals surface area contributed by atoms with Gasteiger partial charge in [0.2, 0.25) is 5.91 Å². The standard InChI is InChI=1S/C24H30N4OS/c1-15-8-13-20(16(2)14-15)25-22(29)17(3)30-23-27-26-21(28(23)7)18-9-11-19(12-10-18)24(4,5)6/h8-14,17H,1-7H3,(H,25,29)/t17-/m0/s1. The van der Waals surface area contributed by atoms with Gasteiger partial charge in [-0.3, -0.25) is 4.79 Å². The lowest BCUT2D eigenvalue weighted by Crippen LogP contribution is -2.23. The normalized spacial score (nSPS) is 12.6. The summed E-state index contributed by atoms with van der Waals surface area (Å²) in [7, 11) is 1.93. The molecular formula is C24H30N4OS. The van der Waals surface area contributed by atoms with Crippen molar-refractivity contribution >= 4 is 23.4 Å². The summed E-state index contributed by atoms with van der Waals surface area (Å²) in [5, 5.41) is 12.1. The fourth-order valence-corrected chi connectivity index (χ4v) is 4.00. The molecule has 0 aliphatic carbocycles. The highest BCUT2D eigenvalue weighted by Gasteiger charge is 2.20. The maximum Gasteiger partial charge on any atom is 0.237 e. The van der Waals surface area contributed by atoms with Gasteiger partial charge in [-0.2, -0.15) is 0 Å². The molecular weight excluding hydrogens is 392 g/mol. The molecule has 30 heavy (non-hydrogen) atoms. The van der Waals surface area contributed by atoms with Crippen LogP contribution in [-0.2, 0) is 17.3 Å². The van der Waals surface area contributed by atoms with Gasteiger partial charge in [-0.25, -0.2) is 0 Å². The predicted molar refractivity (Wildman–Crippen MR) is 125 cm³/mol. The van der Waals surface area contributed by atoms with Crippen molar-refractivity contribution in [2.75, 3.05) is 5.32 Å². The average molecular weight is 423 g/mol. The van der Waals surface area contributed by atoms with Crippen LogP contribution in [-0.4, -0.2) is 25.9 Å². The summed E-state index contributed by atoms with van der Waals surface area (Å²) in [5.74, 6) is 0.742. The number of carbonyl (C=O) groups is 1. The number of thioether (sulfide) groups is 1. The van der Waals surface area contributed by atoms with Gasteiger partial charge in [-0.05, 0) is 43.4 Å². The molecule has 1 amide bonds. The van der Waals surface area contributed by atoms with E-state index in [4.69, 9.17) is 0 Å². The minimum absolute atomic E-state index is 0.0500. The molecule has 0 unspecified atom stereocenters. The van der Waals surface area contributed by atoms with E-state index in [0.717, 1.165) is 22.6 Å². The van der Waals surface area contributed by atoms with Crippen molar-refractivity contribution in [2.45, 2.75) is 57.4 Å². The molecule has 0 aliphatic heterocycles. The van der Waals surface area contributed by atoms with Gasteiger partial charge in [0.25, 0.3) is 0 Å². The maximum atomic E-state index is 12.7. The van der Waals surface area contributed by atoms with E-state index in [1.54, 1.807) is 0 Å². The molecule has 1 heterocycles. The lowest BCUT2D eigenvalue weighted by atomic mass is 9.87. The zero-order chi connectivity index (χ0) is 22.1. The second-order valence-electron chi connectivity index (χ2n) is 8.76. The van der Waals surface area contributed by atoms with E-state index in [0.29, 0.717) is 5.16 Å². The molecule has 6 heteroatoms. The lowest BCUT2D eigenvalue weighted by molar-refractivity contribution is -0.115. The molecule has 0 radical (unpaired) electrons. The van der Waals surface area contributed by atoms with Gasteiger partial charge in [0.05, 0.1) is 5.25 Å². The van der Waals surface area contributed by atoms with Crippen LogP contribution in [0.3, 0.4) is 0 Å². The summed E-state index contributed by atoms with van der Waals surface area (Å²) >= 11 is 1.41. The predicted octanol–water partition coefficient (Wildman–Crippen LogP) is 5.52. The third kappa shape index (κ3) is 4.93. The van der Waals surface area contributed by atoms with Crippen molar-refractivity contribution in [3.05, 3.63) is 59.2 Å². The second kappa shape index (κ2) is 8.64. The number of hydrogen-bond acceptors (Lipinski definition) is 4. The molecule has 3 aromatic rings. The van der Waals surface area contributed by atoms with E-state index in [9.17, 15) is 4.79 Å². The Bertz CT molecular complexity index is 1050. The van der Waals surface area contributed by atoms with Crippen LogP contribution in [0.1, 0.15) is 44.4 Å². The highest BCUT2D eigenvalue weighted by atomic mass is 32.2. The molecule has 3 rings (SSSR count). The fraction of sp³-hybridized carbons (Fsp3) is 0.375. The van der Waals surface area contributed by atoms with Gasteiger partial charge in [-0.15, -0.1) is 10.2 Å². The van der Waals surface area contributed by atoms with Crippen LogP contribution in [0.25, 0.3) is 11.4 Å². The summed E-state index contributed by atoms with van der Waals surface area (Å²) in [5.41, 5.74) is 5.47. The molecule has 2 aromatic carbocycles. The maximum absolute atomic E-state index is 12.7. The van der Waals surface area contributed by atoms with Crippen LogP contribution in [0.5, 0.6) is 0 Å². The second-order valence-corrected chi connectivity index (χ2v) is 10.1. The number of nitrogens with one attached hydrogen (secondary N) is 1. The lowest BCUT2D eigenvalue weighted by Gasteiger charge is -2.19. The molecule has 0 fully saturated rings. The topological polar surface area (TPSA) is 59.8 Å². The molecule has 158 valence electrons. The molecule has 0 bridgehead atoms. The third-order valence-electron chi connectivity index (χ3n) is 5.14. The smallest absolute Gasteiger partial charge is 0.237 e. The van der Waals surface area contributed by atoms with Gasteiger partial charge in [0.1, 0.15) is 0 Å². The summed E-state index contributed by atoms with van der Waals surface area (Å²) in [6, 6.07) is 14.4. The first-order chi connectivity index (χ1) is 14.1. The summed E-state index contributed by atoms with van der Waals surface area (Å²) < 4.78 is 1.94. The van der Waals surface area contributed by atoms with Crippen LogP contribution in [0.15, 0.2) is 47.6 Å². The molecule has 0 spiro atoms. The molecule has 0 saturated heterocycles. The van der Waals surface area contributed by atoms with Gasteiger partial charge in [-0.1, -0.05) is 74.5 Å². The van der Waals surface area contributed by atoms with Crippen molar-refractivity contribution in [1.29, 1.82) is 0 Å². The average Bonchev–Trinajstić information content (AvgIpc) is 3.03. The fourth-order valence-electron chi connectivity index (χ4n) is 3.19. The molecule has 1 N–H and O–H groups in total. The molecule has 1 aromatic heterocycles. The first-order valence-electron chi connectivity index (χ1n) is 10.1. The first kappa shape index (κ1) is 22.1. The van der Waals surface area contributed by atoms with Crippen molar-refractivity contribution in [3.63, 3.8) is 0 Å². The van der Waals surface area contributed by atoms with Crippen molar-refractivity contribution in [2.24, 2.45) is 7.05 Å². The first-order valence-corrected chi connectivity index (χ1v) is 11.0. The van der Waals surface area contributed by atoms with Gasteiger partial charge in [0.15, 0.2) is 11.0 Å². The molecule has 0 saturated carbocycles. The molecule has 5 nitrogen and oxygen atoms in total. The van der Waals surface area contributed by atoms with Crippen LogP contribution in [0, 0.1) is 13.8 Å². The Morgan fingerprint density at radius 2 is 1.73 bits per heavy atom. The van der Waals surface area contributed by atoms with Crippen LogP contribution >= 0.6 is 11.8 Å². The minimum Gasteiger partial charge on any atom is -0.325 e. The number of aryl methyl sites for hydroxylation is 2. The number of carbonyl (C=O) groups excluding carboxylic acids is 1. The van der Waals surface area contributed by atoms with E-state index in [2.05, 4.69) is 66.6 Å². The summed E-state index contributed by atoms with van der Waals surface area (Å²) in [4.78, 5) is 12.7. The number of amides is 1. The number of aromatic nitrogens is 3. The SMILES string of the molecule is Cc1ccc(NC(=O)[C@H](C)Sc2nnc(-c3ccc(C(C)(C)C)cc3)n2C)c(C)c1. The summed E-state index contributed by atoms with van der Waals surface area (Å²) in [6.45, 7) is 12.5. The van der Waals surface area contributed by atoms with E-state index in [1.807, 2.05) is 44.5 Å². The summed E-state index contributed by atoms with van der Waals surface area (Å²) in [6.07, 6.45) is 0. The van der Waals surface area contributed by atoms with Crippen molar-refractivity contribution in [3.8, 4) is 11.4 Å². The Morgan fingerprint density at radius 3 is 2.33 bits per heavy atom. The Balaban J connectivity index is 1.71. The number of benzene rings is 2. The van der Waals surface area contributed by atoms with E-state index < -0.39 is 0 Å². The van der Waals surface area contributed by atoms with Gasteiger partial charge < -0.3 is 9.88 Å². The number of rotatable bonds is 5. The number of anilines is 1. The Kier molecular flexibility index (Phi) is 6.36. The van der Waals surface area contributed by atoms with E-state index in [1.165, 1.54) is 22.9 Å². The van der Waals surface area contributed by atoms with Crippen molar-refractivity contribution in [1.82, 2.24) is 14.8 Å². The molecule has 1 atom stereocenters. The van der Waals surface area contributed by atoms with Gasteiger partial charge in [0, 0.05) is 18.3 Å². The quantitative estimate of drug-likeness (QED) is 0.550.